The number of hydrogen-bond donors (Lipinski definition) is 0. The molecule has 0 aliphatic rings. The van der Waals surface area contributed by atoms with Crippen LogP contribution in [0.25, 0.3) is 0 Å². The number of rotatable bonds is 5. The van der Waals surface area contributed by atoms with Gasteiger partial charge in [0.2, 0.25) is 5.75 Å². The molecule has 5 heteroatoms. The van der Waals surface area contributed by atoms with Gasteiger partial charge in [0.05, 0.1) is 31.4 Å². The number of ether oxygens (including phenoxy) is 3. The Labute approximate surface area is 108 Å². The molecule has 0 unspecified atom stereocenters. The van der Waals surface area contributed by atoms with Crippen LogP contribution in [-0.2, 0) is 0 Å². The van der Waals surface area contributed by atoms with E-state index in [-0.39, 0.29) is 5.78 Å². The number of carbonyl (C=O) groups excluding carboxylic acids is 1. The van der Waals surface area contributed by atoms with Gasteiger partial charge in [-0.1, -0.05) is 6.58 Å². The summed E-state index contributed by atoms with van der Waals surface area (Å²) in [6.07, 6.45) is 1.22. The van der Waals surface area contributed by atoms with E-state index in [1.54, 1.807) is 6.07 Å². The van der Waals surface area contributed by atoms with Gasteiger partial charge in [0.25, 0.3) is 0 Å². The molecule has 1 aromatic rings. The number of hydrogen-bond acceptors (Lipinski definition) is 4. The number of benzene rings is 1. The zero-order valence-corrected chi connectivity index (χ0v) is 11.5. The standard InChI is InChI=1S/C12H13BrO4/c1-5-9(14)7-6-8(13)11(16-3)12(17-4)10(7)15-2/h5-6H,1H2,2-4H3. The molecule has 0 radical (unpaired) electrons. The van der Waals surface area contributed by atoms with E-state index in [1.807, 2.05) is 0 Å². The van der Waals surface area contributed by atoms with Crippen molar-refractivity contribution in [3.05, 3.63) is 28.8 Å². The monoisotopic (exact) mass is 300 g/mol. The molecule has 0 atom stereocenters. The van der Waals surface area contributed by atoms with Crippen molar-refractivity contribution in [1.29, 1.82) is 0 Å². The van der Waals surface area contributed by atoms with Crippen LogP contribution in [0.2, 0.25) is 0 Å². The van der Waals surface area contributed by atoms with E-state index < -0.39 is 0 Å². The lowest BCUT2D eigenvalue weighted by molar-refractivity contribution is 0.104. The third-order valence-electron chi connectivity index (χ3n) is 2.21. The molecule has 0 spiro atoms. The zero-order valence-electron chi connectivity index (χ0n) is 9.87. The first-order chi connectivity index (χ1) is 8.10. The summed E-state index contributed by atoms with van der Waals surface area (Å²) in [6, 6.07) is 1.62. The Hall–Kier alpha value is -1.49. The van der Waals surface area contributed by atoms with Gasteiger partial charge in [-0.15, -0.1) is 0 Å². The molecule has 0 N–H and O–H groups in total. The predicted octanol–water partition coefficient (Wildman–Crippen LogP) is 2.84. The Balaban J connectivity index is 3.58. The van der Waals surface area contributed by atoms with Gasteiger partial charge in [0.15, 0.2) is 17.3 Å². The fourth-order valence-corrected chi connectivity index (χ4v) is 2.03. The van der Waals surface area contributed by atoms with Gasteiger partial charge in [-0.25, -0.2) is 0 Å². The molecule has 0 aromatic heterocycles. The number of halogens is 1. The molecule has 1 rings (SSSR count). The molecule has 0 aliphatic heterocycles. The second kappa shape index (κ2) is 5.72. The number of allylic oxidation sites excluding steroid dienone is 1. The number of methoxy groups -OCH3 is 3. The van der Waals surface area contributed by atoms with E-state index in [2.05, 4.69) is 22.5 Å². The van der Waals surface area contributed by atoms with Crippen LogP contribution in [0.15, 0.2) is 23.2 Å². The van der Waals surface area contributed by atoms with Crippen LogP contribution in [-0.4, -0.2) is 27.1 Å². The lowest BCUT2D eigenvalue weighted by Crippen LogP contribution is -2.03. The summed E-state index contributed by atoms with van der Waals surface area (Å²) >= 11 is 3.31. The Morgan fingerprint density at radius 2 is 1.71 bits per heavy atom. The SMILES string of the molecule is C=CC(=O)c1cc(Br)c(OC)c(OC)c1OC. The highest BCUT2D eigenvalue weighted by Gasteiger charge is 2.22. The summed E-state index contributed by atoms with van der Waals surface area (Å²) in [5, 5.41) is 0. The van der Waals surface area contributed by atoms with E-state index >= 15 is 0 Å². The van der Waals surface area contributed by atoms with Crippen LogP contribution in [0.5, 0.6) is 17.2 Å². The molecule has 4 nitrogen and oxygen atoms in total. The minimum Gasteiger partial charge on any atom is -0.492 e. The molecule has 0 amide bonds. The average Bonchev–Trinajstić information content (AvgIpc) is 2.36. The fraction of sp³-hybridized carbons (Fsp3) is 0.250. The molecule has 17 heavy (non-hydrogen) atoms. The highest BCUT2D eigenvalue weighted by molar-refractivity contribution is 9.10. The predicted molar refractivity (Wildman–Crippen MR) is 68.3 cm³/mol. The van der Waals surface area contributed by atoms with Gasteiger partial charge in [0, 0.05) is 0 Å². The third-order valence-corrected chi connectivity index (χ3v) is 2.80. The molecule has 0 saturated carbocycles. The molecular weight excluding hydrogens is 288 g/mol. The molecular formula is C12H13BrO4. The second-order valence-electron chi connectivity index (χ2n) is 3.07. The maximum absolute atomic E-state index is 11.7. The molecule has 0 bridgehead atoms. The largest absolute Gasteiger partial charge is 0.492 e. The Bertz CT molecular complexity index is 454. The van der Waals surface area contributed by atoms with Crippen LogP contribution in [0.3, 0.4) is 0 Å². The molecule has 0 saturated heterocycles. The zero-order chi connectivity index (χ0) is 13.0. The molecule has 92 valence electrons. The number of carbonyl (C=O) groups is 1. The van der Waals surface area contributed by atoms with Crippen molar-refractivity contribution in [2.45, 2.75) is 0 Å². The average molecular weight is 301 g/mol. The lowest BCUT2D eigenvalue weighted by Gasteiger charge is -2.16. The third kappa shape index (κ3) is 2.44. The maximum atomic E-state index is 11.7. The van der Waals surface area contributed by atoms with Gasteiger partial charge in [-0.3, -0.25) is 4.79 Å². The van der Waals surface area contributed by atoms with Crippen molar-refractivity contribution in [3.63, 3.8) is 0 Å². The summed E-state index contributed by atoms with van der Waals surface area (Å²) in [6.45, 7) is 3.45. The van der Waals surface area contributed by atoms with Gasteiger partial charge in [0.1, 0.15) is 0 Å². The summed E-state index contributed by atoms with van der Waals surface area (Å²) < 4.78 is 16.2. The summed E-state index contributed by atoms with van der Waals surface area (Å²) in [7, 11) is 4.46. The summed E-state index contributed by atoms with van der Waals surface area (Å²) in [5.74, 6) is 0.931. The smallest absolute Gasteiger partial charge is 0.205 e. The normalized spacial score (nSPS) is 9.65. The molecule has 0 heterocycles. The van der Waals surface area contributed by atoms with E-state index in [4.69, 9.17) is 14.2 Å². The fourth-order valence-electron chi connectivity index (χ4n) is 1.46. The number of ketones is 1. The van der Waals surface area contributed by atoms with Crippen LogP contribution in [0, 0.1) is 0 Å². The maximum Gasteiger partial charge on any atom is 0.205 e. The van der Waals surface area contributed by atoms with Crippen LogP contribution in [0.1, 0.15) is 10.4 Å². The second-order valence-corrected chi connectivity index (χ2v) is 3.93. The van der Waals surface area contributed by atoms with Crippen LogP contribution >= 0.6 is 15.9 Å². The minimum atomic E-state index is -0.247. The quantitative estimate of drug-likeness (QED) is 0.619. The lowest BCUT2D eigenvalue weighted by atomic mass is 10.1. The first kappa shape index (κ1) is 13.6. The highest BCUT2D eigenvalue weighted by atomic mass is 79.9. The molecule has 0 aliphatic carbocycles. The van der Waals surface area contributed by atoms with Gasteiger partial charge in [-0.05, 0) is 28.1 Å². The van der Waals surface area contributed by atoms with E-state index in [0.29, 0.717) is 27.3 Å². The van der Waals surface area contributed by atoms with Crippen LogP contribution in [0.4, 0.5) is 0 Å². The molecule has 0 fully saturated rings. The van der Waals surface area contributed by atoms with Gasteiger partial charge < -0.3 is 14.2 Å². The van der Waals surface area contributed by atoms with Crippen molar-refractivity contribution in [2.75, 3.05) is 21.3 Å². The Morgan fingerprint density at radius 3 is 2.12 bits per heavy atom. The van der Waals surface area contributed by atoms with Crippen molar-refractivity contribution in [3.8, 4) is 17.2 Å². The minimum absolute atomic E-state index is 0.247. The van der Waals surface area contributed by atoms with E-state index in [1.165, 1.54) is 27.4 Å². The van der Waals surface area contributed by atoms with Crippen molar-refractivity contribution in [1.82, 2.24) is 0 Å². The Kier molecular flexibility index (Phi) is 4.57. The molecule has 1 aromatic carbocycles. The van der Waals surface area contributed by atoms with Crippen LogP contribution < -0.4 is 14.2 Å². The first-order valence-corrected chi connectivity index (χ1v) is 5.55. The van der Waals surface area contributed by atoms with Crippen molar-refractivity contribution < 1.29 is 19.0 Å². The van der Waals surface area contributed by atoms with E-state index in [9.17, 15) is 4.79 Å². The van der Waals surface area contributed by atoms with E-state index in [0.717, 1.165) is 0 Å². The highest BCUT2D eigenvalue weighted by Crippen LogP contribution is 2.45. The topological polar surface area (TPSA) is 44.8 Å². The Morgan fingerprint density at radius 1 is 1.18 bits per heavy atom. The van der Waals surface area contributed by atoms with Gasteiger partial charge >= 0.3 is 0 Å². The first-order valence-electron chi connectivity index (χ1n) is 4.75. The summed E-state index contributed by atoms with van der Waals surface area (Å²) in [5.41, 5.74) is 0.368. The van der Waals surface area contributed by atoms with Crippen molar-refractivity contribution in [2.24, 2.45) is 0 Å². The van der Waals surface area contributed by atoms with Gasteiger partial charge in [-0.2, -0.15) is 0 Å². The summed E-state index contributed by atoms with van der Waals surface area (Å²) in [4.78, 5) is 11.7. The van der Waals surface area contributed by atoms with Crippen molar-refractivity contribution >= 4 is 21.7 Å².